The molecule has 0 bridgehead atoms. The molecule has 126 valence electrons. The van der Waals surface area contributed by atoms with E-state index in [-0.39, 0.29) is 18.2 Å². The SMILES string of the molecule is Cc1onc(C(=O)NCCCc2nc3ccccc3n2C)c1CO. The molecule has 0 radical (unpaired) electrons. The summed E-state index contributed by atoms with van der Waals surface area (Å²) < 4.78 is 7.02. The molecule has 1 amide bonds. The van der Waals surface area contributed by atoms with Gasteiger partial charge in [0.1, 0.15) is 11.6 Å². The standard InChI is InChI=1S/C17H20N4O3/c1-11-12(10-22)16(20-24-11)17(23)18-9-5-8-15-19-13-6-3-4-7-14(13)21(15)2/h3-4,6-7,22H,5,8-10H2,1-2H3,(H,18,23). The normalized spacial score (nSPS) is 11.1. The fraction of sp³-hybridized carbons (Fsp3) is 0.353. The monoisotopic (exact) mass is 328 g/mol. The average molecular weight is 328 g/mol. The highest BCUT2D eigenvalue weighted by molar-refractivity contribution is 5.93. The first-order valence-corrected chi connectivity index (χ1v) is 7.86. The summed E-state index contributed by atoms with van der Waals surface area (Å²) in [6.45, 7) is 1.90. The molecule has 0 fully saturated rings. The van der Waals surface area contributed by atoms with E-state index in [2.05, 4.69) is 20.0 Å². The average Bonchev–Trinajstić information content (AvgIpc) is 3.12. The van der Waals surface area contributed by atoms with Crippen LogP contribution in [0.5, 0.6) is 0 Å². The molecule has 24 heavy (non-hydrogen) atoms. The van der Waals surface area contributed by atoms with Gasteiger partial charge in [-0.25, -0.2) is 4.98 Å². The van der Waals surface area contributed by atoms with Crippen molar-refractivity contribution in [3.63, 3.8) is 0 Å². The Morgan fingerprint density at radius 1 is 1.38 bits per heavy atom. The number of fused-ring (bicyclic) bond motifs is 1. The van der Waals surface area contributed by atoms with Crippen LogP contribution >= 0.6 is 0 Å². The minimum Gasteiger partial charge on any atom is -0.391 e. The Morgan fingerprint density at radius 3 is 2.92 bits per heavy atom. The molecule has 2 aromatic heterocycles. The van der Waals surface area contributed by atoms with Gasteiger partial charge >= 0.3 is 0 Å². The lowest BCUT2D eigenvalue weighted by Crippen LogP contribution is -2.26. The molecule has 3 aromatic rings. The summed E-state index contributed by atoms with van der Waals surface area (Å²) in [5, 5.41) is 15.8. The first kappa shape index (κ1) is 16.2. The van der Waals surface area contributed by atoms with Gasteiger partial charge in [0.05, 0.1) is 23.2 Å². The van der Waals surface area contributed by atoms with E-state index in [1.807, 2.05) is 31.3 Å². The molecule has 2 N–H and O–H groups in total. The number of aliphatic hydroxyl groups excluding tert-OH is 1. The van der Waals surface area contributed by atoms with Gasteiger partial charge in [0.2, 0.25) is 0 Å². The van der Waals surface area contributed by atoms with Crippen LogP contribution in [-0.4, -0.2) is 32.3 Å². The number of carbonyl (C=O) groups is 1. The second-order valence-corrected chi connectivity index (χ2v) is 5.66. The number of hydrogen-bond acceptors (Lipinski definition) is 5. The van der Waals surface area contributed by atoms with Gasteiger partial charge in [-0.15, -0.1) is 0 Å². The molecule has 0 saturated heterocycles. The lowest BCUT2D eigenvalue weighted by Gasteiger charge is -2.05. The van der Waals surface area contributed by atoms with Crippen LogP contribution in [0.3, 0.4) is 0 Å². The number of benzene rings is 1. The zero-order chi connectivity index (χ0) is 17.1. The zero-order valence-electron chi connectivity index (χ0n) is 13.7. The predicted molar refractivity (Wildman–Crippen MR) is 88.5 cm³/mol. The number of amides is 1. The van der Waals surface area contributed by atoms with Crippen molar-refractivity contribution in [3.05, 3.63) is 47.1 Å². The smallest absolute Gasteiger partial charge is 0.273 e. The van der Waals surface area contributed by atoms with Crippen molar-refractivity contribution in [1.82, 2.24) is 20.0 Å². The van der Waals surface area contributed by atoms with Gasteiger partial charge in [-0.3, -0.25) is 4.79 Å². The van der Waals surface area contributed by atoms with Crippen molar-refractivity contribution in [2.75, 3.05) is 6.54 Å². The molecule has 2 heterocycles. The van der Waals surface area contributed by atoms with Crippen molar-refractivity contribution < 1.29 is 14.4 Å². The number of aryl methyl sites for hydroxylation is 3. The van der Waals surface area contributed by atoms with Gasteiger partial charge in [0.15, 0.2) is 5.69 Å². The first-order chi connectivity index (χ1) is 11.6. The summed E-state index contributed by atoms with van der Waals surface area (Å²) in [5.41, 5.74) is 2.66. The Labute approximate surface area is 139 Å². The number of nitrogens with zero attached hydrogens (tertiary/aromatic N) is 3. The number of nitrogens with one attached hydrogen (secondary N) is 1. The van der Waals surface area contributed by atoms with Crippen molar-refractivity contribution in [3.8, 4) is 0 Å². The van der Waals surface area contributed by atoms with Crippen molar-refractivity contribution in [2.24, 2.45) is 7.05 Å². The predicted octanol–water partition coefficient (Wildman–Crippen LogP) is 1.72. The van der Waals surface area contributed by atoms with Crippen LogP contribution in [0, 0.1) is 6.92 Å². The molecule has 0 saturated carbocycles. The minimum absolute atomic E-state index is 0.151. The highest BCUT2D eigenvalue weighted by Crippen LogP contribution is 2.15. The van der Waals surface area contributed by atoms with Crippen LogP contribution < -0.4 is 5.32 Å². The maximum absolute atomic E-state index is 12.1. The largest absolute Gasteiger partial charge is 0.391 e. The zero-order valence-corrected chi connectivity index (χ0v) is 13.7. The molecule has 7 heteroatoms. The minimum atomic E-state index is -0.332. The number of carbonyl (C=O) groups excluding carboxylic acids is 1. The van der Waals surface area contributed by atoms with Crippen LogP contribution in [0.4, 0.5) is 0 Å². The maximum Gasteiger partial charge on any atom is 0.273 e. The van der Waals surface area contributed by atoms with Crippen LogP contribution in [0.1, 0.15) is 34.1 Å². The van der Waals surface area contributed by atoms with Gasteiger partial charge in [-0.05, 0) is 25.5 Å². The molecule has 0 spiro atoms. The number of hydrogen-bond donors (Lipinski definition) is 2. The Balaban J connectivity index is 1.56. The fourth-order valence-corrected chi connectivity index (χ4v) is 2.71. The van der Waals surface area contributed by atoms with Gasteiger partial charge < -0.3 is 19.5 Å². The fourth-order valence-electron chi connectivity index (χ4n) is 2.71. The number of imidazole rings is 1. The van der Waals surface area contributed by atoms with Crippen LogP contribution in [0.15, 0.2) is 28.8 Å². The van der Waals surface area contributed by atoms with Gasteiger partial charge in [0.25, 0.3) is 5.91 Å². The number of para-hydroxylation sites is 2. The molecule has 0 unspecified atom stereocenters. The highest BCUT2D eigenvalue weighted by atomic mass is 16.5. The second kappa shape index (κ2) is 6.84. The van der Waals surface area contributed by atoms with Crippen LogP contribution in [0.25, 0.3) is 11.0 Å². The molecule has 0 aliphatic rings. The lowest BCUT2D eigenvalue weighted by atomic mass is 10.2. The third kappa shape index (κ3) is 3.03. The van der Waals surface area contributed by atoms with Crippen LogP contribution in [-0.2, 0) is 20.1 Å². The number of aliphatic hydroxyl groups is 1. The molecule has 7 nitrogen and oxygen atoms in total. The summed E-state index contributed by atoms with van der Waals surface area (Å²) in [6, 6.07) is 7.99. The van der Waals surface area contributed by atoms with Crippen molar-refractivity contribution >= 4 is 16.9 Å². The first-order valence-electron chi connectivity index (χ1n) is 7.86. The van der Waals surface area contributed by atoms with E-state index in [9.17, 15) is 9.90 Å². The molecular formula is C17H20N4O3. The number of aromatic nitrogens is 3. The third-order valence-corrected chi connectivity index (χ3v) is 4.10. The van der Waals surface area contributed by atoms with Gasteiger partial charge in [0, 0.05) is 20.0 Å². The van der Waals surface area contributed by atoms with E-state index in [1.54, 1.807) is 6.92 Å². The van der Waals surface area contributed by atoms with Gasteiger partial charge in [-0.2, -0.15) is 0 Å². The molecule has 0 aliphatic heterocycles. The van der Waals surface area contributed by atoms with Crippen molar-refractivity contribution in [1.29, 1.82) is 0 Å². The summed E-state index contributed by atoms with van der Waals surface area (Å²) in [6.07, 6.45) is 1.52. The summed E-state index contributed by atoms with van der Waals surface area (Å²) >= 11 is 0. The molecule has 1 aromatic carbocycles. The van der Waals surface area contributed by atoms with E-state index < -0.39 is 0 Å². The second-order valence-electron chi connectivity index (χ2n) is 5.66. The van der Waals surface area contributed by atoms with Crippen LogP contribution in [0.2, 0.25) is 0 Å². The molecule has 3 rings (SSSR count). The van der Waals surface area contributed by atoms with Crippen molar-refractivity contribution in [2.45, 2.75) is 26.4 Å². The lowest BCUT2D eigenvalue weighted by molar-refractivity contribution is 0.0941. The molecule has 0 aliphatic carbocycles. The van der Waals surface area contributed by atoms with E-state index in [0.717, 1.165) is 29.7 Å². The molecular weight excluding hydrogens is 308 g/mol. The van der Waals surface area contributed by atoms with E-state index in [4.69, 9.17) is 4.52 Å². The summed E-state index contributed by atoms with van der Waals surface area (Å²) in [4.78, 5) is 16.7. The van der Waals surface area contributed by atoms with E-state index in [0.29, 0.717) is 17.9 Å². The topological polar surface area (TPSA) is 93.2 Å². The Morgan fingerprint density at radius 2 is 2.17 bits per heavy atom. The Bertz CT molecular complexity index is 866. The van der Waals surface area contributed by atoms with Gasteiger partial charge in [-0.1, -0.05) is 17.3 Å². The third-order valence-electron chi connectivity index (χ3n) is 4.10. The highest BCUT2D eigenvalue weighted by Gasteiger charge is 2.18. The summed E-state index contributed by atoms with van der Waals surface area (Å²) in [7, 11) is 1.99. The summed E-state index contributed by atoms with van der Waals surface area (Å²) in [5.74, 6) is 1.11. The Hall–Kier alpha value is -2.67. The quantitative estimate of drug-likeness (QED) is 0.672. The maximum atomic E-state index is 12.1. The van der Waals surface area contributed by atoms with E-state index >= 15 is 0 Å². The number of rotatable bonds is 6. The van der Waals surface area contributed by atoms with E-state index in [1.165, 1.54) is 0 Å². The molecule has 0 atom stereocenters. The Kier molecular flexibility index (Phi) is 4.61.